The third kappa shape index (κ3) is 4.61. The molecule has 1 rings (SSSR count). The lowest BCUT2D eigenvalue weighted by molar-refractivity contribution is 0.0692. The van der Waals surface area contributed by atoms with Crippen molar-refractivity contribution in [3.63, 3.8) is 0 Å². The van der Waals surface area contributed by atoms with Crippen LogP contribution in [0.3, 0.4) is 0 Å². The van der Waals surface area contributed by atoms with E-state index in [9.17, 15) is 13.2 Å². The van der Waals surface area contributed by atoms with Gasteiger partial charge >= 0.3 is 5.97 Å². The molecule has 0 spiro atoms. The number of aromatic nitrogens is 1. The number of sulfone groups is 1. The van der Waals surface area contributed by atoms with Crippen LogP contribution in [0.1, 0.15) is 10.4 Å². The summed E-state index contributed by atoms with van der Waals surface area (Å²) in [6.07, 6.45) is 2.47. The fourth-order valence-corrected chi connectivity index (χ4v) is 3.19. The number of anilines is 1. The molecule has 0 amide bonds. The van der Waals surface area contributed by atoms with E-state index < -0.39 is 15.8 Å². The molecule has 0 saturated heterocycles. The van der Waals surface area contributed by atoms with Crippen molar-refractivity contribution in [3.05, 3.63) is 17.8 Å². The number of rotatable bonds is 5. The van der Waals surface area contributed by atoms with Crippen LogP contribution in [-0.2, 0) is 9.84 Å². The summed E-state index contributed by atoms with van der Waals surface area (Å²) >= 11 is 1.08. The van der Waals surface area contributed by atoms with Crippen LogP contribution in [0.15, 0.2) is 17.3 Å². The smallest absolute Gasteiger partial charge is 0.338 e. The fraction of sp³-hybridized carbons (Fsp3) is 0.333. The van der Waals surface area contributed by atoms with Crippen LogP contribution in [0.25, 0.3) is 0 Å². The van der Waals surface area contributed by atoms with Gasteiger partial charge < -0.3 is 10.8 Å². The summed E-state index contributed by atoms with van der Waals surface area (Å²) in [7, 11) is -3.06. The molecule has 17 heavy (non-hydrogen) atoms. The zero-order valence-electron chi connectivity index (χ0n) is 9.08. The van der Waals surface area contributed by atoms with E-state index in [1.165, 1.54) is 12.3 Å². The standard InChI is InChI=1S/C9H12N2O4S2/c1-17(14,15)3-2-16-8-7(9(12)13)4-6(10)5-11-8/h4-5H,2-3,10H2,1H3,(H,12,13). The maximum Gasteiger partial charge on any atom is 0.338 e. The molecular formula is C9H12N2O4S2. The average molecular weight is 276 g/mol. The number of nitrogens with zero attached hydrogens (tertiary/aromatic N) is 1. The number of aromatic carboxylic acids is 1. The molecule has 94 valence electrons. The van der Waals surface area contributed by atoms with E-state index in [1.807, 2.05) is 0 Å². The number of pyridine rings is 1. The van der Waals surface area contributed by atoms with Gasteiger partial charge in [-0.2, -0.15) is 0 Å². The molecule has 6 nitrogen and oxygen atoms in total. The van der Waals surface area contributed by atoms with Gasteiger partial charge in [-0.05, 0) is 6.07 Å². The number of nitrogen functional groups attached to an aromatic ring is 1. The topological polar surface area (TPSA) is 110 Å². The number of hydrogen-bond acceptors (Lipinski definition) is 6. The maximum absolute atomic E-state index is 10.9. The van der Waals surface area contributed by atoms with Crippen molar-refractivity contribution < 1.29 is 18.3 Å². The third-order valence-corrected chi connectivity index (χ3v) is 4.01. The monoisotopic (exact) mass is 276 g/mol. The summed E-state index contributed by atoms with van der Waals surface area (Å²) < 4.78 is 21.8. The van der Waals surface area contributed by atoms with E-state index >= 15 is 0 Å². The zero-order valence-corrected chi connectivity index (χ0v) is 10.7. The number of carbonyl (C=O) groups is 1. The minimum absolute atomic E-state index is 0.0106. The van der Waals surface area contributed by atoms with E-state index in [0.29, 0.717) is 0 Å². The summed E-state index contributed by atoms with van der Waals surface area (Å²) in [6.45, 7) is 0. The summed E-state index contributed by atoms with van der Waals surface area (Å²) in [5, 5.41) is 9.20. The second kappa shape index (κ2) is 5.37. The van der Waals surface area contributed by atoms with Crippen LogP contribution in [0.4, 0.5) is 5.69 Å². The van der Waals surface area contributed by atoms with Gasteiger partial charge in [0.15, 0.2) is 0 Å². The van der Waals surface area contributed by atoms with Gasteiger partial charge in [-0.1, -0.05) is 0 Å². The van der Waals surface area contributed by atoms with Gasteiger partial charge in [-0.25, -0.2) is 18.2 Å². The van der Waals surface area contributed by atoms with Crippen molar-refractivity contribution in [3.8, 4) is 0 Å². The molecule has 0 fully saturated rings. The van der Waals surface area contributed by atoms with Gasteiger partial charge in [0.25, 0.3) is 0 Å². The van der Waals surface area contributed by atoms with Crippen LogP contribution in [0, 0.1) is 0 Å². The van der Waals surface area contributed by atoms with Gasteiger partial charge in [0.2, 0.25) is 0 Å². The first-order valence-corrected chi connectivity index (χ1v) is 7.63. The Morgan fingerprint density at radius 2 is 2.24 bits per heavy atom. The normalized spacial score (nSPS) is 11.4. The first-order chi connectivity index (χ1) is 7.79. The molecule has 0 saturated carbocycles. The summed E-state index contributed by atoms with van der Waals surface area (Å²) in [5.41, 5.74) is 5.68. The SMILES string of the molecule is CS(=O)(=O)CCSc1ncc(N)cc1C(=O)O. The van der Waals surface area contributed by atoms with Gasteiger partial charge in [0, 0.05) is 12.0 Å². The largest absolute Gasteiger partial charge is 0.478 e. The van der Waals surface area contributed by atoms with Crippen molar-refractivity contribution in [2.45, 2.75) is 5.03 Å². The molecular weight excluding hydrogens is 264 g/mol. The quantitative estimate of drug-likeness (QED) is 0.753. The Hall–Kier alpha value is -1.28. The minimum Gasteiger partial charge on any atom is -0.478 e. The summed E-state index contributed by atoms with van der Waals surface area (Å²) in [5.74, 6) is -0.898. The molecule has 0 aliphatic carbocycles. The highest BCUT2D eigenvalue weighted by molar-refractivity contribution is 8.00. The molecule has 0 aromatic carbocycles. The first kappa shape index (κ1) is 13.8. The number of carboxylic acid groups (broad SMARTS) is 1. The second-order valence-electron chi connectivity index (χ2n) is 3.40. The molecule has 0 bridgehead atoms. The average Bonchev–Trinajstić information content (AvgIpc) is 2.18. The number of thioether (sulfide) groups is 1. The molecule has 1 aromatic rings. The highest BCUT2D eigenvalue weighted by atomic mass is 32.2. The molecule has 3 N–H and O–H groups in total. The van der Waals surface area contributed by atoms with E-state index in [4.69, 9.17) is 10.8 Å². The Morgan fingerprint density at radius 3 is 2.76 bits per heavy atom. The lowest BCUT2D eigenvalue weighted by Gasteiger charge is -2.05. The first-order valence-electron chi connectivity index (χ1n) is 4.59. The highest BCUT2D eigenvalue weighted by Gasteiger charge is 2.13. The predicted octanol–water partition coefficient (Wildman–Crippen LogP) is 0.499. The molecule has 0 aliphatic heterocycles. The number of hydrogen-bond donors (Lipinski definition) is 2. The summed E-state index contributed by atoms with van der Waals surface area (Å²) in [6, 6.07) is 1.30. The van der Waals surface area contributed by atoms with Gasteiger partial charge in [0.1, 0.15) is 14.9 Å². The van der Waals surface area contributed by atoms with Crippen LogP contribution >= 0.6 is 11.8 Å². The van der Waals surface area contributed by atoms with Crippen LogP contribution in [0.5, 0.6) is 0 Å². The number of nitrogens with two attached hydrogens (primary N) is 1. The molecule has 0 aliphatic rings. The molecule has 0 atom stereocenters. The number of carboxylic acids is 1. The van der Waals surface area contributed by atoms with Crippen molar-refractivity contribution in [1.29, 1.82) is 0 Å². The Labute approximate surface area is 103 Å². The minimum atomic E-state index is -3.06. The Bertz CT molecular complexity index is 528. The van der Waals surface area contributed by atoms with Crippen LogP contribution in [0.2, 0.25) is 0 Å². The molecule has 1 heterocycles. The van der Waals surface area contributed by atoms with E-state index in [0.717, 1.165) is 18.0 Å². The summed E-state index contributed by atoms with van der Waals surface area (Å²) in [4.78, 5) is 14.8. The van der Waals surface area contributed by atoms with Crippen molar-refractivity contribution >= 4 is 33.3 Å². The van der Waals surface area contributed by atoms with E-state index in [1.54, 1.807) is 0 Å². The molecule has 1 aromatic heterocycles. The predicted molar refractivity (Wildman–Crippen MR) is 66.0 cm³/mol. The Balaban J connectivity index is 2.81. The Kier molecular flexibility index (Phi) is 4.35. The van der Waals surface area contributed by atoms with Crippen molar-refractivity contribution in [2.75, 3.05) is 23.5 Å². The van der Waals surface area contributed by atoms with Gasteiger partial charge in [0.05, 0.1) is 23.2 Å². The lowest BCUT2D eigenvalue weighted by Crippen LogP contribution is -2.07. The van der Waals surface area contributed by atoms with Gasteiger partial charge in [-0.15, -0.1) is 11.8 Å². The van der Waals surface area contributed by atoms with Crippen molar-refractivity contribution in [2.24, 2.45) is 0 Å². The fourth-order valence-electron chi connectivity index (χ4n) is 1.03. The van der Waals surface area contributed by atoms with Gasteiger partial charge in [-0.3, -0.25) is 0 Å². The third-order valence-electron chi connectivity index (χ3n) is 1.80. The van der Waals surface area contributed by atoms with Crippen LogP contribution < -0.4 is 5.73 Å². The van der Waals surface area contributed by atoms with E-state index in [2.05, 4.69) is 4.98 Å². The van der Waals surface area contributed by atoms with Crippen molar-refractivity contribution in [1.82, 2.24) is 4.98 Å². The molecule has 0 unspecified atom stereocenters. The maximum atomic E-state index is 10.9. The molecule has 0 radical (unpaired) electrons. The van der Waals surface area contributed by atoms with E-state index in [-0.39, 0.29) is 27.8 Å². The molecule has 8 heteroatoms. The second-order valence-corrected chi connectivity index (χ2v) is 6.75. The zero-order chi connectivity index (χ0) is 13.1. The lowest BCUT2D eigenvalue weighted by atomic mass is 10.3. The highest BCUT2D eigenvalue weighted by Crippen LogP contribution is 2.22. The Morgan fingerprint density at radius 1 is 1.59 bits per heavy atom. The van der Waals surface area contributed by atoms with Crippen LogP contribution in [-0.4, -0.2) is 42.2 Å².